The molecule has 0 aliphatic rings. The Hall–Kier alpha value is -3.21. The van der Waals surface area contributed by atoms with Gasteiger partial charge in [0.15, 0.2) is 0 Å². The highest BCUT2D eigenvalue weighted by Crippen LogP contribution is 2.34. The van der Waals surface area contributed by atoms with Crippen molar-refractivity contribution in [2.75, 3.05) is 6.54 Å². The predicted molar refractivity (Wildman–Crippen MR) is 113 cm³/mol. The first-order valence-corrected chi connectivity index (χ1v) is 9.51. The number of carbonyl (C=O) groups is 1. The summed E-state index contributed by atoms with van der Waals surface area (Å²) in [7, 11) is 0. The summed E-state index contributed by atoms with van der Waals surface area (Å²) in [6.07, 6.45) is 3.67. The maximum Gasteiger partial charge on any atom is 0.407 e. The highest BCUT2D eigenvalue weighted by molar-refractivity contribution is 5.88. The molecule has 0 atom stereocenters. The van der Waals surface area contributed by atoms with Crippen molar-refractivity contribution in [1.29, 1.82) is 0 Å². The van der Waals surface area contributed by atoms with E-state index >= 15 is 0 Å². The number of nitrogens with one attached hydrogen (secondary N) is 3. The van der Waals surface area contributed by atoms with E-state index in [9.17, 15) is 4.79 Å². The van der Waals surface area contributed by atoms with Crippen molar-refractivity contribution in [1.82, 2.24) is 15.3 Å². The molecule has 2 heterocycles. The van der Waals surface area contributed by atoms with Crippen LogP contribution in [0.15, 0.2) is 60.9 Å². The van der Waals surface area contributed by atoms with Crippen LogP contribution in [0.5, 0.6) is 0 Å². The van der Waals surface area contributed by atoms with Crippen LogP contribution in [0, 0.1) is 0 Å². The molecule has 0 saturated carbocycles. The number of benzene rings is 2. The molecule has 0 aliphatic heterocycles. The van der Waals surface area contributed by atoms with Crippen LogP contribution >= 0.6 is 0 Å². The van der Waals surface area contributed by atoms with Crippen LogP contribution in [0.3, 0.4) is 0 Å². The number of amides is 1. The smallest absolute Gasteiger partial charge is 0.407 e. The van der Waals surface area contributed by atoms with Crippen molar-refractivity contribution >= 4 is 27.9 Å². The van der Waals surface area contributed by atoms with Gasteiger partial charge in [0.25, 0.3) is 0 Å². The van der Waals surface area contributed by atoms with Gasteiger partial charge in [0, 0.05) is 46.7 Å². The minimum absolute atomic E-state index is 0.0141. The fourth-order valence-electron chi connectivity index (χ4n) is 3.65. The lowest BCUT2D eigenvalue weighted by atomic mass is 9.90. The Morgan fingerprint density at radius 1 is 0.929 bits per heavy atom. The molecular weight excluding hydrogens is 350 g/mol. The Morgan fingerprint density at radius 2 is 1.43 bits per heavy atom. The summed E-state index contributed by atoms with van der Waals surface area (Å²) >= 11 is 0. The minimum atomic E-state index is -0.527. The number of aromatic amines is 2. The first-order chi connectivity index (χ1) is 13.4. The molecule has 5 nitrogen and oxygen atoms in total. The van der Waals surface area contributed by atoms with Gasteiger partial charge in [0.2, 0.25) is 0 Å². The molecule has 28 heavy (non-hydrogen) atoms. The molecule has 4 rings (SSSR count). The number of fused-ring (bicyclic) bond motifs is 2. The lowest BCUT2D eigenvalue weighted by molar-refractivity contribution is 0.0526. The number of ether oxygens (including phenoxy) is 1. The van der Waals surface area contributed by atoms with Gasteiger partial charge in [-0.1, -0.05) is 36.4 Å². The quantitative estimate of drug-likeness (QED) is 0.453. The molecule has 0 saturated heterocycles. The van der Waals surface area contributed by atoms with Gasteiger partial charge in [0.05, 0.1) is 0 Å². The third-order valence-electron chi connectivity index (χ3n) is 4.84. The molecule has 0 aliphatic carbocycles. The van der Waals surface area contributed by atoms with E-state index in [1.165, 1.54) is 0 Å². The first-order valence-electron chi connectivity index (χ1n) is 9.51. The lowest BCUT2D eigenvalue weighted by Crippen LogP contribution is -2.35. The molecule has 0 unspecified atom stereocenters. The van der Waals surface area contributed by atoms with Gasteiger partial charge in [-0.3, -0.25) is 0 Å². The van der Waals surface area contributed by atoms with Crippen LogP contribution in [-0.2, 0) is 4.74 Å². The molecule has 0 bridgehead atoms. The van der Waals surface area contributed by atoms with Crippen LogP contribution in [0.25, 0.3) is 21.8 Å². The summed E-state index contributed by atoms with van der Waals surface area (Å²) in [6, 6.07) is 16.4. The van der Waals surface area contributed by atoms with E-state index in [4.69, 9.17) is 4.74 Å². The van der Waals surface area contributed by atoms with Crippen molar-refractivity contribution in [3.63, 3.8) is 0 Å². The Bertz CT molecular complexity index is 1040. The van der Waals surface area contributed by atoms with E-state index in [-0.39, 0.29) is 5.92 Å². The summed E-state index contributed by atoms with van der Waals surface area (Å²) in [5.41, 5.74) is 3.94. The third-order valence-corrected chi connectivity index (χ3v) is 4.84. The molecular formula is C23H25N3O2. The summed E-state index contributed by atoms with van der Waals surface area (Å²) in [4.78, 5) is 19.0. The zero-order valence-electron chi connectivity index (χ0n) is 16.4. The monoisotopic (exact) mass is 375 g/mol. The Kier molecular flexibility index (Phi) is 4.59. The number of hydrogen-bond donors (Lipinski definition) is 3. The van der Waals surface area contributed by atoms with E-state index in [0.29, 0.717) is 6.54 Å². The van der Waals surface area contributed by atoms with Crippen LogP contribution in [0.1, 0.15) is 37.8 Å². The van der Waals surface area contributed by atoms with Crippen molar-refractivity contribution in [3.05, 3.63) is 72.1 Å². The van der Waals surface area contributed by atoms with Gasteiger partial charge in [-0.15, -0.1) is 0 Å². The van der Waals surface area contributed by atoms with E-state index in [1.54, 1.807) is 0 Å². The van der Waals surface area contributed by atoms with Gasteiger partial charge < -0.3 is 20.0 Å². The summed E-state index contributed by atoms with van der Waals surface area (Å²) in [5, 5.41) is 5.27. The average molecular weight is 375 g/mol. The first kappa shape index (κ1) is 18.2. The molecule has 4 aromatic rings. The van der Waals surface area contributed by atoms with Gasteiger partial charge in [-0.05, 0) is 44.0 Å². The van der Waals surface area contributed by atoms with Gasteiger partial charge >= 0.3 is 6.09 Å². The molecule has 0 spiro atoms. The van der Waals surface area contributed by atoms with Crippen LogP contribution in [0.2, 0.25) is 0 Å². The summed E-state index contributed by atoms with van der Waals surface area (Å²) in [5.74, 6) is -0.0141. The van der Waals surface area contributed by atoms with Gasteiger partial charge in [0.1, 0.15) is 5.60 Å². The van der Waals surface area contributed by atoms with E-state index in [0.717, 1.165) is 32.9 Å². The van der Waals surface area contributed by atoms with E-state index in [2.05, 4.69) is 39.6 Å². The SMILES string of the molecule is CC(C)(C)OC(=O)NCC(c1c[nH]c2ccccc12)c1c[nH]c2ccccc12. The molecule has 0 radical (unpaired) electrons. The predicted octanol–water partition coefficient (Wildman–Crippen LogP) is 5.31. The number of hydrogen-bond acceptors (Lipinski definition) is 2. The lowest BCUT2D eigenvalue weighted by Gasteiger charge is -2.22. The van der Waals surface area contributed by atoms with Crippen molar-refractivity contribution in [2.24, 2.45) is 0 Å². The number of H-pyrrole nitrogens is 2. The molecule has 2 aromatic carbocycles. The zero-order chi connectivity index (χ0) is 19.7. The molecule has 2 aromatic heterocycles. The normalized spacial score (nSPS) is 12.0. The van der Waals surface area contributed by atoms with Crippen molar-refractivity contribution in [3.8, 4) is 0 Å². The van der Waals surface area contributed by atoms with Crippen LogP contribution in [0.4, 0.5) is 4.79 Å². The van der Waals surface area contributed by atoms with Gasteiger partial charge in [-0.25, -0.2) is 4.79 Å². The second-order valence-electron chi connectivity index (χ2n) is 8.01. The number of rotatable bonds is 4. The van der Waals surface area contributed by atoms with E-state index in [1.807, 2.05) is 57.4 Å². The largest absolute Gasteiger partial charge is 0.444 e. The van der Waals surface area contributed by atoms with Crippen LogP contribution < -0.4 is 5.32 Å². The maximum atomic E-state index is 12.3. The number of aromatic nitrogens is 2. The molecule has 3 N–H and O–H groups in total. The standard InChI is InChI=1S/C23H25N3O2/c1-23(2,3)28-22(27)26-14-19(17-12-24-20-10-6-4-8-15(17)20)18-13-25-21-11-7-5-9-16(18)21/h4-13,19,24-25H,14H2,1-3H3,(H,26,27). The number of alkyl carbamates (subject to hydrolysis) is 1. The summed E-state index contributed by atoms with van der Waals surface area (Å²) in [6.45, 7) is 6.04. The van der Waals surface area contributed by atoms with Crippen LogP contribution in [-0.4, -0.2) is 28.2 Å². The van der Waals surface area contributed by atoms with Crippen molar-refractivity contribution < 1.29 is 9.53 Å². The second-order valence-corrected chi connectivity index (χ2v) is 8.01. The Morgan fingerprint density at radius 3 is 1.93 bits per heavy atom. The zero-order valence-corrected chi connectivity index (χ0v) is 16.4. The summed E-state index contributed by atoms with van der Waals surface area (Å²) < 4.78 is 5.43. The average Bonchev–Trinajstić information content (AvgIpc) is 3.26. The number of para-hydroxylation sites is 2. The highest BCUT2D eigenvalue weighted by Gasteiger charge is 2.23. The molecule has 1 amide bonds. The Balaban J connectivity index is 1.72. The van der Waals surface area contributed by atoms with E-state index < -0.39 is 11.7 Å². The van der Waals surface area contributed by atoms with Crippen molar-refractivity contribution in [2.45, 2.75) is 32.3 Å². The fourth-order valence-corrected chi connectivity index (χ4v) is 3.65. The topological polar surface area (TPSA) is 69.9 Å². The van der Waals surface area contributed by atoms with Gasteiger partial charge in [-0.2, -0.15) is 0 Å². The third kappa shape index (κ3) is 3.60. The minimum Gasteiger partial charge on any atom is -0.444 e. The number of carbonyl (C=O) groups excluding carboxylic acids is 1. The molecule has 0 fully saturated rings. The molecule has 144 valence electrons. The Labute approximate surface area is 164 Å². The fraction of sp³-hybridized carbons (Fsp3) is 0.261. The maximum absolute atomic E-state index is 12.3. The molecule has 5 heteroatoms. The second kappa shape index (κ2) is 7.08. The highest BCUT2D eigenvalue weighted by atomic mass is 16.6.